The van der Waals surface area contributed by atoms with Gasteiger partial charge in [-0.25, -0.2) is 0 Å². The molecule has 2 aromatic rings. The molecule has 0 N–H and O–H groups in total. The van der Waals surface area contributed by atoms with E-state index in [9.17, 15) is 0 Å². The summed E-state index contributed by atoms with van der Waals surface area (Å²) in [6.07, 6.45) is 2.38. The minimum absolute atomic E-state index is 0.640. The second-order valence-electron chi connectivity index (χ2n) is 4.34. The van der Waals surface area contributed by atoms with Crippen LogP contribution in [-0.2, 0) is 6.42 Å². The number of benzene rings is 2. The van der Waals surface area contributed by atoms with E-state index in [1.54, 1.807) is 0 Å². The van der Waals surface area contributed by atoms with E-state index >= 15 is 0 Å². The summed E-state index contributed by atoms with van der Waals surface area (Å²) in [7, 11) is 0. The molecule has 110 valence electrons. The Labute approximate surface area is 125 Å². The Morgan fingerprint density at radius 1 is 0.700 bits per heavy atom. The third kappa shape index (κ3) is 7.13. The molecule has 0 heteroatoms. The first-order chi connectivity index (χ1) is 9.86. The topological polar surface area (TPSA) is 0 Å². The van der Waals surface area contributed by atoms with Crippen LogP contribution in [-0.4, -0.2) is 0 Å². The third-order valence-electron chi connectivity index (χ3n) is 3.08. The van der Waals surface area contributed by atoms with E-state index in [0.717, 1.165) is 6.42 Å². The quantitative estimate of drug-likeness (QED) is 0.597. The average molecular weight is 270 g/mol. The molecular formula is C20H30. The molecule has 0 saturated heterocycles. The van der Waals surface area contributed by atoms with Crippen molar-refractivity contribution in [2.24, 2.45) is 0 Å². The predicted molar refractivity (Wildman–Crippen MR) is 92.3 cm³/mol. The van der Waals surface area contributed by atoms with Gasteiger partial charge < -0.3 is 0 Å². The molecule has 20 heavy (non-hydrogen) atoms. The lowest BCUT2D eigenvalue weighted by Crippen LogP contribution is -1.95. The molecule has 0 aliphatic heterocycles. The Balaban J connectivity index is 0.000000829. The highest BCUT2D eigenvalue weighted by Gasteiger charge is 2.04. The maximum Gasteiger partial charge on any atom is -0.0187 e. The van der Waals surface area contributed by atoms with E-state index in [4.69, 9.17) is 0 Å². The van der Waals surface area contributed by atoms with Crippen LogP contribution in [0.4, 0.5) is 0 Å². The number of rotatable bonds is 4. The normalized spacial score (nSPS) is 10.4. The van der Waals surface area contributed by atoms with Crippen LogP contribution in [0.1, 0.15) is 58.1 Å². The molecule has 0 bridgehead atoms. The molecule has 1 atom stereocenters. The molecule has 0 unspecified atom stereocenters. The zero-order chi connectivity index (χ0) is 15.2. The van der Waals surface area contributed by atoms with Gasteiger partial charge in [0.25, 0.3) is 0 Å². The predicted octanol–water partition coefficient (Wildman–Crippen LogP) is 6.48. The Kier molecular flexibility index (Phi) is 11.5. The highest BCUT2D eigenvalue weighted by molar-refractivity contribution is 5.20. The Morgan fingerprint density at radius 2 is 1.15 bits per heavy atom. The summed E-state index contributed by atoms with van der Waals surface area (Å²) >= 11 is 0. The van der Waals surface area contributed by atoms with E-state index in [0.29, 0.717) is 5.92 Å². The summed E-state index contributed by atoms with van der Waals surface area (Å²) in [5.74, 6) is 0.640. The van der Waals surface area contributed by atoms with Gasteiger partial charge in [0.15, 0.2) is 0 Å². The van der Waals surface area contributed by atoms with Crippen molar-refractivity contribution in [3.8, 4) is 0 Å². The second kappa shape index (κ2) is 12.5. The summed E-state index contributed by atoms with van der Waals surface area (Å²) in [5, 5.41) is 0. The Bertz CT molecular complexity index is 403. The first-order valence-electron chi connectivity index (χ1n) is 7.95. The van der Waals surface area contributed by atoms with Crippen LogP contribution in [0, 0.1) is 0 Å². The number of aryl methyl sites for hydroxylation is 1. The van der Waals surface area contributed by atoms with Crippen LogP contribution >= 0.6 is 0 Å². The van der Waals surface area contributed by atoms with E-state index in [1.807, 2.05) is 27.7 Å². The maximum atomic E-state index is 2.30. The van der Waals surface area contributed by atoms with Gasteiger partial charge in [0.05, 0.1) is 0 Å². The minimum Gasteiger partial charge on any atom is -0.0683 e. The van der Waals surface area contributed by atoms with E-state index in [2.05, 4.69) is 67.6 Å². The third-order valence-corrected chi connectivity index (χ3v) is 3.08. The monoisotopic (exact) mass is 270 g/mol. The van der Waals surface area contributed by atoms with Crippen molar-refractivity contribution >= 4 is 0 Å². The van der Waals surface area contributed by atoms with Crippen molar-refractivity contribution < 1.29 is 0 Å². The lowest BCUT2D eigenvalue weighted by atomic mass is 9.94. The Morgan fingerprint density at radius 3 is 1.65 bits per heavy atom. The lowest BCUT2D eigenvalue weighted by Gasteiger charge is -2.11. The lowest BCUT2D eigenvalue weighted by molar-refractivity contribution is 0.679. The van der Waals surface area contributed by atoms with Gasteiger partial charge in [-0.05, 0) is 29.9 Å². The first-order valence-corrected chi connectivity index (χ1v) is 7.95. The van der Waals surface area contributed by atoms with Crippen LogP contribution in [0.2, 0.25) is 0 Å². The fourth-order valence-electron chi connectivity index (χ4n) is 1.98. The van der Waals surface area contributed by atoms with E-state index in [-0.39, 0.29) is 0 Å². The summed E-state index contributed by atoms with van der Waals surface area (Å²) in [4.78, 5) is 0. The van der Waals surface area contributed by atoms with E-state index < -0.39 is 0 Å². The number of hydrogen-bond acceptors (Lipinski definition) is 0. The summed E-state index contributed by atoms with van der Waals surface area (Å²) in [6, 6.07) is 21.5. The van der Waals surface area contributed by atoms with Crippen LogP contribution in [0.25, 0.3) is 0 Å². The molecule has 0 saturated carbocycles. The Hall–Kier alpha value is -1.56. The van der Waals surface area contributed by atoms with Crippen LogP contribution < -0.4 is 0 Å². The SMILES string of the molecule is CC.CC.C[C@H](CCc1ccccc1)c1ccccc1. The molecule has 2 rings (SSSR count). The van der Waals surface area contributed by atoms with Gasteiger partial charge in [-0.2, -0.15) is 0 Å². The maximum absolute atomic E-state index is 2.30. The van der Waals surface area contributed by atoms with Gasteiger partial charge in [0.2, 0.25) is 0 Å². The fourth-order valence-corrected chi connectivity index (χ4v) is 1.98. The van der Waals surface area contributed by atoms with E-state index in [1.165, 1.54) is 17.5 Å². The zero-order valence-electron chi connectivity index (χ0n) is 13.8. The smallest absolute Gasteiger partial charge is 0.0187 e. The van der Waals surface area contributed by atoms with Gasteiger partial charge in [-0.15, -0.1) is 0 Å². The number of hydrogen-bond donors (Lipinski definition) is 0. The molecule has 0 aromatic heterocycles. The van der Waals surface area contributed by atoms with Gasteiger partial charge >= 0.3 is 0 Å². The van der Waals surface area contributed by atoms with Gasteiger partial charge in [0, 0.05) is 0 Å². The minimum atomic E-state index is 0.640. The molecule has 0 aliphatic rings. The van der Waals surface area contributed by atoms with Crippen LogP contribution in [0.5, 0.6) is 0 Å². The summed E-state index contributed by atoms with van der Waals surface area (Å²) < 4.78 is 0. The van der Waals surface area contributed by atoms with Crippen molar-refractivity contribution in [2.75, 3.05) is 0 Å². The summed E-state index contributed by atoms with van der Waals surface area (Å²) in [5.41, 5.74) is 2.88. The van der Waals surface area contributed by atoms with Gasteiger partial charge in [-0.3, -0.25) is 0 Å². The van der Waals surface area contributed by atoms with Crippen molar-refractivity contribution in [2.45, 2.75) is 53.4 Å². The van der Waals surface area contributed by atoms with Crippen molar-refractivity contribution in [1.82, 2.24) is 0 Å². The van der Waals surface area contributed by atoms with Crippen molar-refractivity contribution in [3.63, 3.8) is 0 Å². The molecule has 2 aromatic carbocycles. The highest BCUT2D eigenvalue weighted by atomic mass is 14.1. The average Bonchev–Trinajstić information content (AvgIpc) is 2.58. The largest absolute Gasteiger partial charge is 0.0683 e. The molecule has 0 aliphatic carbocycles. The van der Waals surface area contributed by atoms with Gasteiger partial charge in [-0.1, -0.05) is 95.3 Å². The molecule has 0 spiro atoms. The molecule has 0 heterocycles. The highest BCUT2D eigenvalue weighted by Crippen LogP contribution is 2.20. The van der Waals surface area contributed by atoms with Crippen molar-refractivity contribution in [3.05, 3.63) is 71.8 Å². The first kappa shape index (κ1) is 18.4. The summed E-state index contributed by atoms with van der Waals surface area (Å²) in [6.45, 7) is 10.3. The molecule has 0 amide bonds. The van der Waals surface area contributed by atoms with Crippen molar-refractivity contribution in [1.29, 1.82) is 0 Å². The van der Waals surface area contributed by atoms with Crippen LogP contribution in [0.3, 0.4) is 0 Å². The fraction of sp³-hybridized carbons (Fsp3) is 0.400. The molecule has 0 fully saturated rings. The van der Waals surface area contributed by atoms with Crippen LogP contribution in [0.15, 0.2) is 60.7 Å². The molecule has 0 nitrogen and oxygen atoms in total. The van der Waals surface area contributed by atoms with Gasteiger partial charge in [0.1, 0.15) is 0 Å². The second-order valence-corrected chi connectivity index (χ2v) is 4.34. The molecule has 0 radical (unpaired) electrons. The molecular weight excluding hydrogens is 240 g/mol. The standard InChI is InChI=1S/C16H18.2C2H6/c1-14(16-10-6-3-7-11-16)12-13-15-8-4-2-5-9-15;2*1-2/h2-11,14H,12-13H2,1H3;2*1-2H3/t14-;;/m1../s1. The zero-order valence-corrected chi connectivity index (χ0v) is 13.8.